The van der Waals surface area contributed by atoms with Crippen LogP contribution in [0.1, 0.15) is 25.3 Å². The summed E-state index contributed by atoms with van der Waals surface area (Å²) in [5, 5.41) is 11.4. The van der Waals surface area contributed by atoms with Gasteiger partial charge in [-0.2, -0.15) is 5.26 Å². The molecular formula is C15H17N3O2. The first-order valence-corrected chi connectivity index (χ1v) is 6.69. The van der Waals surface area contributed by atoms with Gasteiger partial charge in [0.05, 0.1) is 18.2 Å². The lowest BCUT2D eigenvalue weighted by Crippen LogP contribution is -2.44. The minimum atomic E-state index is -0.211. The lowest BCUT2D eigenvalue weighted by molar-refractivity contribution is -0.140. The lowest BCUT2D eigenvalue weighted by atomic mass is 9.99. The maximum atomic E-state index is 11.9. The monoisotopic (exact) mass is 271 g/mol. The molecule has 1 aliphatic rings. The largest absolute Gasteiger partial charge is 0.333 e. The Morgan fingerprint density at radius 1 is 1.45 bits per heavy atom. The van der Waals surface area contributed by atoms with Gasteiger partial charge in [-0.05, 0) is 37.1 Å². The zero-order chi connectivity index (χ0) is 14.5. The Labute approximate surface area is 118 Å². The number of rotatable bonds is 3. The van der Waals surface area contributed by atoms with Gasteiger partial charge >= 0.3 is 0 Å². The Balaban J connectivity index is 1.91. The van der Waals surface area contributed by atoms with Crippen LogP contribution in [0.2, 0.25) is 0 Å². The Kier molecular flexibility index (Phi) is 4.36. The molecule has 0 saturated carbocycles. The van der Waals surface area contributed by atoms with Gasteiger partial charge in [-0.3, -0.25) is 9.59 Å². The first-order valence-electron chi connectivity index (χ1n) is 6.69. The molecule has 0 bridgehead atoms. The van der Waals surface area contributed by atoms with E-state index in [0.717, 1.165) is 12.8 Å². The van der Waals surface area contributed by atoms with Crippen LogP contribution in [0.5, 0.6) is 0 Å². The van der Waals surface area contributed by atoms with E-state index < -0.39 is 0 Å². The summed E-state index contributed by atoms with van der Waals surface area (Å²) >= 11 is 0. The molecule has 0 spiro atoms. The molecule has 1 atom stereocenters. The van der Waals surface area contributed by atoms with Gasteiger partial charge in [0.1, 0.15) is 0 Å². The van der Waals surface area contributed by atoms with Gasteiger partial charge in [-0.25, -0.2) is 0 Å². The molecule has 1 saturated heterocycles. The van der Waals surface area contributed by atoms with Gasteiger partial charge in [-0.15, -0.1) is 0 Å². The van der Waals surface area contributed by atoms with Crippen LogP contribution in [0.4, 0.5) is 5.69 Å². The summed E-state index contributed by atoms with van der Waals surface area (Å²) in [6.07, 6.45) is 1.84. The van der Waals surface area contributed by atoms with Crippen molar-refractivity contribution < 1.29 is 9.59 Å². The van der Waals surface area contributed by atoms with Crippen LogP contribution in [0.3, 0.4) is 0 Å². The zero-order valence-electron chi connectivity index (χ0n) is 11.4. The molecule has 1 unspecified atom stereocenters. The fourth-order valence-corrected chi connectivity index (χ4v) is 2.29. The van der Waals surface area contributed by atoms with Crippen LogP contribution < -0.4 is 5.32 Å². The molecule has 1 N–H and O–H groups in total. The summed E-state index contributed by atoms with van der Waals surface area (Å²) < 4.78 is 0. The highest BCUT2D eigenvalue weighted by molar-refractivity contribution is 5.94. The third kappa shape index (κ3) is 3.35. The lowest BCUT2D eigenvalue weighted by Gasteiger charge is -2.30. The molecule has 1 aromatic carbocycles. The second-order valence-corrected chi connectivity index (χ2v) is 5.04. The molecule has 0 aliphatic carbocycles. The third-order valence-electron chi connectivity index (χ3n) is 3.43. The quantitative estimate of drug-likeness (QED) is 0.910. The number of hydrogen-bond donors (Lipinski definition) is 1. The fourth-order valence-electron chi connectivity index (χ4n) is 2.29. The number of amides is 2. The second kappa shape index (κ2) is 6.20. The number of nitriles is 1. The smallest absolute Gasteiger partial charge is 0.243 e. The predicted molar refractivity (Wildman–Crippen MR) is 74.8 cm³/mol. The van der Waals surface area contributed by atoms with E-state index in [0.29, 0.717) is 17.8 Å². The Bertz CT molecular complexity index is 545. The van der Waals surface area contributed by atoms with Crippen LogP contribution in [-0.4, -0.2) is 29.8 Å². The van der Waals surface area contributed by atoms with E-state index in [9.17, 15) is 9.59 Å². The van der Waals surface area contributed by atoms with E-state index in [1.807, 2.05) is 13.0 Å². The predicted octanol–water partition coefficient (Wildman–Crippen LogP) is 1.76. The first-order chi connectivity index (χ1) is 9.60. The molecule has 1 fully saturated rings. The van der Waals surface area contributed by atoms with Gasteiger partial charge in [0.25, 0.3) is 0 Å². The second-order valence-electron chi connectivity index (χ2n) is 5.04. The van der Waals surface area contributed by atoms with E-state index >= 15 is 0 Å². The summed E-state index contributed by atoms with van der Waals surface area (Å²) in [7, 11) is 0. The summed E-state index contributed by atoms with van der Waals surface area (Å²) in [6, 6.07) is 8.66. The normalized spacial score (nSPS) is 18.5. The number of carbonyl (C=O) groups excluding carboxylic acids is 2. The summed E-state index contributed by atoms with van der Waals surface area (Å²) in [6.45, 7) is 2.63. The van der Waals surface area contributed by atoms with Crippen LogP contribution in [0.25, 0.3) is 0 Å². The van der Waals surface area contributed by atoms with Crippen LogP contribution in [0.15, 0.2) is 24.3 Å². The Morgan fingerprint density at radius 3 is 2.80 bits per heavy atom. The minimum Gasteiger partial charge on any atom is -0.333 e. The van der Waals surface area contributed by atoms with E-state index in [1.54, 1.807) is 29.2 Å². The van der Waals surface area contributed by atoms with Crippen molar-refractivity contribution in [3.63, 3.8) is 0 Å². The van der Waals surface area contributed by atoms with Crippen LogP contribution in [-0.2, 0) is 9.59 Å². The van der Waals surface area contributed by atoms with Crippen LogP contribution >= 0.6 is 0 Å². The van der Waals surface area contributed by atoms with Gasteiger partial charge in [-0.1, -0.05) is 6.92 Å². The molecule has 104 valence electrons. The number of nitrogens with zero attached hydrogens (tertiary/aromatic N) is 2. The van der Waals surface area contributed by atoms with Gasteiger partial charge in [0.2, 0.25) is 11.8 Å². The van der Waals surface area contributed by atoms with Crippen molar-refractivity contribution in [2.24, 2.45) is 5.92 Å². The molecule has 5 heteroatoms. The number of nitrogens with one attached hydrogen (secondary N) is 1. The molecule has 5 nitrogen and oxygen atoms in total. The topological polar surface area (TPSA) is 73.2 Å². The van der Waals surface area contributed by atoms with Crippen molar-refractivity contribution in [2.75, 3.05) is 18.4 Å². The van der Waals surface area contributed by atoms with Gasteiger partial charge in [0.15, 0.2) is 0 Å². The molecule has 20 heavy (non-hydrogen) atoms. The van der Waals surface area contributed by atoms with E-state index in [4.69, 9.17) is 5.26 Å². The number of anilines is 1. The highest BCUT2D eigenvalue weighted by Gasteiger charge is 2.26. The van der Waals surface area contributed by atoms with Crippen molar-refractivity contribution in [1.82, 2.24) is 4.90 Å². The van der Waals surface area contributed by atoms with Crippen molar-refractivity contribution in [1.29, 1.82) is 5.26 Å². The average molecular weight is 271 g/mol. The molecule has 0 radical (unpaired) electrons. The Morgan fingerprint density at radius 2 is 2.15 bits per heavy atom. The molecule has 1 aliphatic heterocycles. The highest BCUT2D eigenvalue weighted by atomic mass is 16.2. The molecule has 0 aromatic heterocycles. The molecule has 2 amide bonds. The van der Waals surface area contributed by atoms with Gasteiger partial charge in [0, 0.05) is 18.2 Å². The van der Waals surface area contributed by atoms with Gasteiger partial charge < -0.3 is 10.2 Å². The first kappa shape index (κ1) is 14.1. The van der Waals surface area contributed by atoms with Crippen molar-refractivity contribution in [2.45, 2.75) is 19.8 Å². The number of hydrogen-bond acceptors (Lipinski definition) is 3. The van der Waals surface area contributed by atoms with E-state index in [2.05, 4.69) is 5.32 Å². The van der Waals surface area contributed by atoms with Crippen molar-refractivity contribution in [3.8, 4) is 6.07 Å². The summed E-state index contributed by atoms with van der Waals surface area (Å²) in [5.74, 6) is -0.158. The Hall–Kier alpha value is -2.35. The molecule has 1 heterocycles. The summed E-state index contributed by atoms with van der Waals surface area (Å²) in [5.41, 5.74) is 1.18. The van der Waals surface area contributed by atoms with E-state index in [1.165, 1.54) is 0 Å². The SMILES string of the molecule is CC1CCCN(CC(=O)Nc2ccc(C#N)cc2)C1=O. The highest BCUT2D eigenvalue weighted by Crippen LogP contribution is 2.17. The number of likely N-dealkylation sites (tertiary alicyclic amines) is 1. The molecule has 1 aromatic rings. The molecular weight excluding hydrogens is 254 g/mol. The molecule has 2 rings (SSSR count). The van der Waals surface area contributed by atoms with Crippen molar-refractivity contribution in [3.05, 3.63) is 29.8 Å². The zero-order valence-corrected chi connectivity index (χ0v) is 11.4. The maximum absolute atomic E-state index is 11.9. The number of piperidine rings is 1. The standard InChI is InChI=1S/C15H17N3O2/c1-11-3-2-8-18(15(11)20)10-14(19)17-13-6-4-12(9-16)5-7-13/h4-7,11H,2-3,8,10H2,1H3,(H,17,19). The van der Waals surface area contributed by atoms with Crippen LogP contribution in [0, 0.1) is 17.2 Å². The third-order valence-corrected chi connectivity index (χ3v) is 3.43. The minimum absolute atomic E-state index is 0.00598. The average Bonchev–Trinajstić information content (AvgIpc) is 2.45. The number of benzene rings is 1. The fraction of sp³-hybridized carbons (Fsp3) is 0.400. The van der Waals surface area contributed by atoms with Crippen molar-refractivity contribution >= 4 is 17.5 Å². The van der Waals surface area contributed by atoms with E-state index in [-0.39, 0.29) is 24.3 Å². The maximum Gasteiger partial charge on any atom is 0.243 e. The summed E-state index contributed by atoms with van der Waals surface area (Å²) in [4.78, 5) is 25.4. The number of carbonyl (C=O) groups is 2.